The van der Waals surface area contributed by atoms with Gasteiger partial charge >= 0.3 is 0 Å². The SMILES string of the molecule is CC(C)Sc1ccc(CCO)cc1Cl. The first-order valence-electron chi connectivity index (χ1n) is 4.69. The minimum Gasteiger partial charge on any atom is -0.396 e. The molecule has 78 valence electrons. The Hall–Kier alpha value is -0.180. The van der Waals surface area contributed by atoms with E-state index >= 15 is 0 Å². The van der Waals surface area contributed by atoms with Gasteiger partial charge in [0.2, 0.25) is 0 Å². The zero-order chi connectivity index (χ0) is 10.6. The molecule has 1 aromatic carbocycles. The average molecular weight is 231 g/mol. The molecule has 0 aromatic heterocycles. The molecule has 1 aromatic rings. The predicted octanol–water partition coefficient (Wildman–Crippen LogP) is 3.38. The lowest BCUT2D eigenvalue weighted by Gasteiger charge is -2.08. The third kappa shape index (κ3) is 3.52. The fraction of sp³-hybridized carbons (Fsp3) is 0.455. The lowest BCUT2D eigenvalue weighted by Crippen LogP contribution is -1.92. The Bertz CT molecular complexity index is 299. The van der Waals surface area contributed by atoms with E-state index in [1.807, 2.05) is 18.2 Å². The predicted molar refractivity (Wildman–Crippen MR) is 63.2 cm³/mol. The van der Waals surface area contributed by atoms with Gasteiger partial charge in [-0.3, -0.25) is 0 Å². The molecule has 0 spiro atoms. The Morgan fingerprint density at radius 2 is 2.14 bits per heavy atom. The van der Waals surface area contributed by atoms with Crippen molar-refractivity contribution in [2.24, 2.45) is 0 Å². The standard InChI is InChI=1S/C11H15ClOS/c1-8(2)14-11-4-3-9(5-6-13)7-10(11)12/h3-4,7-8,13H,5-6H2,1-2H3. The van der Waals surface area contributed by atoms with E-state index in [1.165, 1.54) is 0 Å². The third-order valence-corrected chi connectivity index (χ3v) is 3.27. The van der Waals surface area contributed by atoms with Crippen LogP contribution in [0.2, 0.25) is 5.02 Å². The van der Waals surface area contributed by atoms with E-state index in [4.69, 9.17) is 16.7 Å². The first kappa shape index (κ1) is 11.9. The quantitative estimate of drug-likeness (QED) is 0.801. The van der Waals surface area contributed by atoms with Gasteiger partial charge in [0.25, 0.3) is 0 Å². The maximum Gasteiger partial charge on any atom is 0.0544 e. The number of benzene rings is 1. The van der Waals surface area contributed by atoms with Crippen molar-refractivity contribution in [3.05, 3.63) is 28.8 Å². The van der Waals surface area contributed by atoms with E-state index in [1.54, 1.807) is 11.8 Å². The molecule has 14 heavy (non-hydrogen) atoms. The number of aliphatic hydroxyl groups excluding tert-OH is 1. The number of halogens is 1. The van der Waals surface area contributed by atoms with E-state index in [0.29, 0.717) is 11.7 Å². The second kappa shape index (κ2) is 5.64. The molecule has 3 heteroatoms. The van der Waals surface area contributed by atoms with Gasteiger partial charge in [0.05, 0.1) is 5.02 Å². The summed E-state index contributed by atoms with van der Waals surface area (Å²) >= 11 is 7.86. The van der Waals surface area contributed by atoms with Gasteiger partial charge in [-0.2, -0.15) is 0 Å². The number of hydrogen-bond acceptors (Lipinski definition) is 2. The highest BCUT2D eigenvalue weighted by molar-refractivity contribution is 8.00. The van der Waals surface area contributed by atoms with Gasteiger partial charge in [-0.15, -0.1) is 11.8 Å². The zero-order valence-corrected chi connectivity index (χ0v) is 10.0. The highest BCUT2D eigenvalue weighted by Crippen LogP contribution is 2.30. The molecule has 1 rings (SSSR count). The first-order valence-corrected chi connectivity index (χ1v) is 5.95. The summed E-state index contributed by atoms with van der Waals surface area (Å²) in [5.74, 6) is 0. The molecule has 1 nitrogen and oxygen atoms in total. The molecule has 1 N–H and O–H groups in total. The summed E-state index contributed by atoms with van der Waals surface area (Å²) in [5, 5.41) is 10.1. The maximum atomic E-state index is 8.78. The minimum absolute atomic E-state index is 0.174. The van der Waals surface area contributed by atoms with Gasteiger partial charge in [0.15, 0.2) is 0 Å². The fourth-order valence-electron chi connectivity index (χ4n) is 1.18. The smallest absolute Gasteiger partial charge is 0.0544 e. The van der Waals surface area contributed by atoms with Crippen LogP contribution in [-0.2, 0) is 6.42 Å². The molecule has 0 amide bonds. The number of aliphatic hydroxyl groups is 1. The lowest BCUT2D eigenvalue weighted by molar-refractivity contribution is 0.299. The fourth-order valence-corrected chi connectivity index (χ4v) is 2.34. The number of hydrogen-bond donors (Lipinski definition) is 1. The van der Waals surface area contributed by atoms with Crippen LogP contribution in [0.25, 0.3) is 0 Å². The van der Waals surface area contributed by atoms with Crippen molar-refractivity contribution in [1.82, 2.24) is 0 Å². The number of rotatable bonds is 4. The van der Waals surface area contributed by atoms with E-state index in [9.17, 15) is 0 Å². The van der Waals surface area contributed by atoms with Crippen molar-refractivity contribution in [3.63, 3.8) is 0 Å². The van der Waals surface area contributed by atoms with Crippen molar-refractivity contribution >= 4 is 23.4 Å². The van der Waals surface area contributed by atoms with Crippen LogP contribution >= 0.6 is 23.4 Å². The van der Waals surface area contributed by atoms with Crippen molar-refractivity contribution in [2.75, 3.05) is 6.61 Å². The van der Waals surface area contributed by atoms with E-state index in [2.05, 4.69) is 13.8 Å². The summed E-state index contributed by atoms with van der Waals surface area (Å²) < 4.78 is 0. The van der Waals surface area contributed by atoms with Gasteiger partial charge in [0.1, 0.15) is 0 Å². The Labute approximate surface area is 94.5 Å². The summed E-state index contributed by atoms with van der Waals surface area (Å²) in [4.78, 5) is 1.11. The topological polar surface area (TPSA) is 20.2 Å². The van der Waals surface area contributed by atoms with Crippen LogP contribution in [0, 0.1) is 0 Å². The molecule has 0 saturated carbocycles. The highest BCUT2D eigenvalue weighted by Gasteiger charge is 2.04. The Kier molecular flexibility index (Phi) is 4.79. The second-order valence-electron chi connectivity index (χ2n) is 3.40. The molecule has 0 fully saturated rings. The molecule has 0 radical (unpaired) electrons. The molecular formula is C11H15ClOS. The van der Waals surface area contributed by atoms with Gasteiger partial charge in [-0.1, -0.05) is 31.5 Å². The van der Waals surface area contributed by atoms with Crippen LogP contribution in [0.5, 0.6) is 0 Å². The Morgan fingerprint density at radius 1 is 1.43 bits per heavy atom. The van der Waals surface area contributed by atoms with Crippen LogP contribution in [0.1, 0.15) is 19.4 Å². The van der Waals surface area contributed by atoms with E-state index in [0.717, 1.165) is 15.5 Å². The molecule has 0 aliphatic heterocycles. The average Bonchev–Trinajstić information content (AvgIpc) is 2.10. The molecular weight excluding hydrogens is 216 g/mol. The molecule has 0 saturated heterocycles. The summed E-state index contributed by atoms with van der Waals surface area (Å²) in [6.45, 7) is 4.46. The third-order valence-electron chi connectivity index (χ3n) is 1.76. The molecule has 0 aliphatic rings. The molecule has 0 bridgehead atoms. The van der Waals surface area contributed by atoms with Crippen LogP contribution in [-0.4, -0.2) is 17.0 Å². The van der Waals surface area contributed by atoms with Crippen molar-refractivity contribution in [2.45, 2.75) is 30.4 Å². The maximum absolute atomic E-state index is 8.78. The summed E-state index contributed by atoms with van der Waals surface area (Å²) in [5.41, 5.74) is 1.09. The summed E-state index contributed by atoms with van der Waals surface area (Å²) in [6, 6.07) is 5.98. The van der Waals surface area contributed by atoms with Crippen LogP contribution in [0.4, 0.5) is 0 Å². The largest absolute Gasteiger partial charge is 0.396 e. The van der Waals surface area contributed by atoms with Gasteiger partial charge < -0.3 is 5.11 Å². The van der Waals surface area contributed by atoms with E-state index in [-0.39, 0.29) is 6.61 Å². The van der Waals surface area contributed by atoms with Gasteiger partial charge in [0, 0.05) is 16.8 Å². The van der Waals surface area contributed by atoms with E-state index < -0.39 is 0 Å². The second-order valence-corrected chi connectivity index (χ2v) is 5.43. The minimum atomic E-state index is 0.174. The normalized spacial score (nSPS) is 10.9. The molecule has 0 atom stereocenters. The highest BCUT2D eigenvalue weighted by atomic mass is 35.5. The molecule has 0 aliphatic carbocycles. The first-order chi connectivity index (χ1) is 6.63. The summed E-state index contributed by atoms with van der Waals surface area (Å²) in [6.07, 6.45) is 0.673. The lowest BCUT2D eigenvalue weighted by atomic mass is 10.2. The van der Waals surface area contributed by atoms with Gasteiger partial charge in [-0.25, -0.2) is 0 Å². The number of thioether (sulfide) groups is 1. The Balaban J connectivity index is 2.79. The summed E-state index contributed by atoms with van der Waals surface area (Å²) in [7, 11) is 0. The zero-order valence-electron chi connectivity index (χ0n) is 8.46. The monoisotopic (exact) mass is 230 g/mol. The van der Waals surface area contributed by atoms with Crippen LogP contribution in [0.15, 0.2) is 23.1 Å². The van der Waals surface area contributed by atoms with Crippen LogP contribution < -0.4 is 0 Å². The van der Waals surface area contributed by atoms with Gasteiger partial charge in [-0.05, 0) is 24.1 Å². The van der Waals surface area contributed by atoms with Crippen molar-refractivity contribution in [1.29, 1.82) is 0 Å². The molecule has 0 unspecified atom stereocenters. The molecule has 0 heterocycles. The van der Waals surface area contributed by atoms with Crippen molar-refractivity contribution in [3.8, 4) is 0 Å². The van der Waals surface area contributed by atoms with Crippen molar-refractivity contribution < 1.29 is 5.11 Å². The van der Waals surface area contributed by atoms with Crippen LogP contribution in [0.3, 0.4) is 0 Å². The Morgan fingerprint density at radius 3 is 2.64 bits per heavy atom.